The van der Waals surface area contributed by atoms with E-state index in [0.717, 1.165) is 17.0 Å². The summed E-state index contributed by atoms with van der Waals surface area (Å²) in [7, 11) is -4.56. The summed E-state index contributed by atoms with van der Waals surface area (Å²) >= 11 is 6.16. The van der Waals surface area contributed by atoms with Gasteiger partial charge in [-0.25, -0.2) is 17.2 Å². The zero-order valence-electron chi connectivity index (χ0n) is 18.0. The van der Waals surface area contributed by atoms with Crippen LogP contribution in [0, 0.1) is 21.7 Å². The molecule has 2 heterocycles. The van der Waals surface area contributed by atoms with Gasteiger partial charge in [0.15, 0.2) is 21.5 Å². The zero-order chi connectivity index (χ0) is 26.0. The Kier molecular flexibility index (Phi) is 5.34. The van der Waals surface area contributed by atoms with Crippen LogP contribution < -0.4 is 9.80 Å². The van der Waals surface area contributed by atoms with Crippen molar-refractivity contribution in [3.05, 3.63) is 98.6 Å². The molecule has 0 radical (unpaired) electrons. The van der Waals surface area contributed by atoms with Gasteiger partial charge in [0.2, 0.25) is 5.91 Å². The zero-order valence-corrected chi connectivity index (χ0v) is 19.6. The molecule has 1 spiro atoms. The lowest BCUT2D eigenvalue weighted by Gasteiger charge is -2.32. The highest BCUT2D eigenvalue weighted by atomic mass is 35.5. The van der Waals surface area contributed by atoms with Crippen molar-refractivity contribution in [3.63, 3.8) is 0 Å². The van der Waals surface area contributed by atoms with Crippen molar-refractivity contribution in [2.45, 2.75) is 11.4 Å². The lowest BCUT2D eigenvalue weighted by atomic mass is 10.0. The third-order valence-electron chi connectivity index (χ3n) is 6.13. The molecule has 184 valence electrons. The molecule has 2 amide bonds. The number of hydrogen-bond acceptors (Lipinski definition) is 6. The molecule has 13 heteroatoms. The topological polar surface area (TPSA) is 118 Å². The second kappa shape index (κ2) is 8.07. The highest BCUT2D eigenvalue weighted by Crippen LogP contribution is 2.53. The minimum absolute atomic E-state index is 0.0814. The Hall–Kier alpha value is -3.90. The van der Waals surface area contributed by atoms with Crippen LogP contribution in [-0.2, 0) is 30.8 Å². The van der Waals surface area contributed by atoms with E-state index in [0.29, 0.717) is 16.5 Å². The third kappa shape index (κ3) is 3.28. The Balaban J connectivity index is 1.71. The van der Waals surface area contributed by atoms with Crippen LogP contribution >= 0.6 is 11.6 Å². The van der Waals surface area contributed by atoms with Crippen LogP contribution in [0.5, 0.6) is 0 Å². The van der Waals surface area contributed by atoms with Crippen LogP contribution in [0.3, 0.4) is 0 Å². The molecule has 0 bridgehead atoms. The molecule has 36 heavy (non-hydrogen) atoms. The highest BCUT2D eigenvalue weighted by Gasteiger charge is 2.69. The lowest BCUT2D eigenvalue weighted by Crippen LogP contribution is -2.54. The SMILES string of the molecule is O=C1CS(=O)(=O)C2(C(=O)N(Cc3ccc([N+](=O)[O-])cc3)c3ccc(Cl)cc32)N1c1ccc(F)c(F)c1. The number of anilines is 2. The molecule has 1 atom stereocenters. The van der Waals surface area contributed by atoms with E-state index in [1.807, 2.05) is 0 Å². The predicted octanol–water partition coefficient (Wildman–Crippen LogP) is 3.69. The molecule has 1 unspecified atom stereocenters. The van der Waals surface area contributed by atoms with Crippen molar-refractivity contribution in [2.24, 2.45) is 0 Å². The van der Waals surface area contributed by atoms with Crippen molar-refractivity contribution >= 4 is 50.3 Å². The van der Waals surface area contributed by atoms with Crippen LogP contribution in [0.4, 0.5) is 25.8 Å². The van der Waals surface area contributed by atoms with E-state index in [1.165, 1.54) is 42.5 Å². The molecule has 0 N–H and O–H groups in total. The largest absolute Gasteiger partial charge is 0.304 e. The van der Waals surface area contributed by atoms with E-state index >= 15 is 0 Å². The van der Waals surface area contributed by atoms with Gasteiger partial charge in [0, 0.05) is 34.5 Å². The number of amides is 2. The fourth-order valence-electron chi connectivity index (χ4n) is 4.60. The van der Waals surface area contributed by atoms with Gasteiger partial charge in [0.1, 0.15) is 5.75 Å². The molecule has 0 aromatic heterocycles. The van der Waals surface area contributed by atoms with Gasteiger partial charge < -0.3 is 4.90 Å². The monoisotopic (exact) mass is 533 g/mol. The molecule has 3 aromatic carbocycles. The number of hydrogen-bond donors (Lipinski definition) is 0. The minimum atomic E-state index is -4.56. The van der Waals surface area contributed by atoms with Gasteiger partial charge in [-0.2, -0.15) is 0 Å². The highest BCUT2D eigenvalue weighted by molar-refractivity contribution is 7.94. The van der Waals surface area contributed by atoms with Crippen molar-refractivity contribution in [3.8, 4) is 0 Å². The summed E-state index contributed by atoms with van der Waals surface area (Å²) in [5.41, 5.74) is -0.0424. The maximum Gasteiger partial charge on any atom is 0.274 e. The standard InChI is InChI=1S/C23H14ClF2N3O6S/c24-14-3-8-20-17(9-14)23(22(31)27(20)11-13-1-4-15(5-2-13)29(32)33)28(21(30)12-36(23,34)35)16-6-7-18(25)19(26)10-16/h1-10H,11-12H2. The van der Waals surface area contributed by atoms with Gasteiger partial charge in [-0.05, 0) is 35.9 Å². The maximum absolute atomic E-state index is 14.1. The van der Waals surface area contributed by atoms with Gasteiger partial charge in [-0.3, -0.25) is 24.6 Å². The van der Waals surface area contributed by atoms with E-state index in [4.69, 9.17) is 11.6 Å². The van der Waals surface area contributed by atoms with Crippen molar-refractivity contribution in [1.29, 1.82) is 0 Å². The first-order valence-electron chi connectivity index (χ1n) is 10.3. The number of carbonyl (C=O) groups excluding carboxylic acids is 2. The second-order valence-corrected chi connectivity index (χ2v) is 10.8. The number of nitro groups is 1. The number of sulfone groups is 1. The molecular weight excluding hydrogens is 520 g/mol. The molecule has 2 aliphatic heterocycles. The molecule has 0 saturated carbocycles. The first kappa shape index (κ1) is 23.8. The fraction of sp³-hybridized carbons (Fsp3) is 0.130. The van der Waals surface area contributed by atoms with Gasteiger partial charge >= 0.3 is 0 Å². The maximum atomic E-state index is 14.1. The molecule has 2 aliphatic rings. The van der Waals surface area contributed by atoms with Crippen LogP contribution in [0.25, 0.3) is 0 Å². The summed E-state index contributed by atoms with van der Waals surface area (Å²) < 4.78 is 54.8. The molecule has 3 aromatic rings. The number of nitrogens with zero attached hydrogens (tertiary/aromatic N) is 3. The van der Waals surface area contributed by atoms with Crippen LogP contribution in [0.2, 0.25) is 5.02 Å². The fourth-order valence-corrected chi connectivity index (χ4v) is 6.79. The summed E-state index contributed by atoms with van der Waals surface area (Å²) in [6, 6.07) is 11.8. The summed E-state index contributed by atoms with van der Waals surface area (Å²) in [4.78, 5) is 36.6. The normalized spacial score (nSPS) is 20.3. The number of carbonyl (C=O) groups is 2. The van der Waals surface area contributed by atoms with Gasteiger partial charge in [0.25, 0.3) is 16.5 Å². The van der Waals surface area contributed by atoms with Crippen molar-refractivity contribution in [1.82, 2.24) is 0 Å². The van der Waals surface area contributed by atoms with Crippen molar-refractivity contribution < 1.29 is 31.7 Å². The molecule has 1 fully saturated rings. The number of nitro benzene ring substituents is 1. The number of fused-ring (bicyclic) bond motifs is 2. The Morgan fingerprint density at radius 3 is 2.33 bits per heavy atom. The second-order valence-electron chi connectivity index (χ2n) is 8.21. The van der Waals surface area contributed by atoms with Crippen molar-refractivity contribution in [2.75, 3.05) is 15.6 Å². The van der Waals surface area contributed by atoms with Crippen LogP contribution in [0.15, 0.2) is 60.7 Å². The summed E-state index contributed by atoms with van der Waals surface area (Å²) in [5.74, 6) is -5.62. The Morgan fingerprint density at radius 2 is 1.69 bits per heavy atom. The third-order valence-corrected chi connectivity index (χ3v) is 8.47. The summed E-state index contributed by atoms with van der Waals surface area (Å²) in [6.45, 7) is -0.192. The van der Waals surface area contributed by atoms with Gasteiger partial charge in [-0.1, -0.05) is 23.7 Å². The average Bonchev–Trinajstić information content (AvgIpc) is 3.18. The smallest absolute Gasteiger partial charge is 0.274 e. The lowest BCUT2D eigenvalue weighted by molar-refractivity contribution is -0.384. The van der Waals surface area contributed by atoms with Crippen LogP contribution in [-0.4, -0.2) is 30.9 Å². The molecule has 9 nitrogen and oxygen atoms in total. The number of halogens is 3. The van der Waals surface area contributed by atoms with E-state index < -0.39 is 48.8 Å². The average molecular weight is 534 g/mol. The van der Waals surface area contributed by atoms with Crippen LogP contribution in [0.1, 0.15) is 11.1 Å². The van der Waals surface area contributed by atoms with Gasteiger partial charge in [0.05, 0.1) is 17.2 Å². The van der Waals surface area contributed by atoms with E-state index in [-0.39, 0.29) is 34.2 Å². The first-order chi connectivity index (χ1) is 17.0. The van der Waals surface area contributed by atoms with E-state index in [1.54, 1.807) is 0 Å². The summed E-state index contributed by atoms with van der Waals surface area (Å²) in [6.07, 6.45) is 0. The molecule has 1 saturated heterocycles. The number of rotatable bonds is 4. The quantitative estimate of drug-likeness (QED) is 0.373. The first-order valence-corrected chi connectivity index (χ1v) is 12.4. The Morgan fingerprint density at radius 1 is 1.00 bits per heavy atom. The number of non-ortho nitro benzene ring substituents is 1. The summed E-state index contributed by atoms with van der Waals surface area (Å²) in [5, 5.41) is 11.0. The minimum Gasteiger partial charge on any atom is -0.304 e. The molecule has 0 aliphatic carbocycles. The molecular formula is C23H14ClF2N3O6S. The van der Waals surface area contributed by atoms with E-state index in [2.05, 4.69) is 0 Å². The Bertz CT molecular complexity index is 1580. The van der Waals surface area contributed by atoms with E-state index in [9.17, 15) is 36.9 Å². The molecule has 5 rings (SSSR count). The van der Waals surface area contributed by atoms with Gasteiger partial charge in [-0.15, -0.1) is 0 Å². The predicted molar refractivity (Wildman–Crippen MR) is 125 cm³/mol. The Labute approximate surface area is 207 Å². The number of benzene rings is 3.